The highest BCUT2D eigenvalue weighted by Gasteiger charge is 2.14. The molecule has 3 rings (SSSR count). The van der Waals surface area contributed by atoms with Crippen molar-refractivity contribution in [2.75, 3.05) is 5.32 Å². The van der Waals surface area contributed by atoms with E-state index in [-0.39, 0.29) is 16.9 Å². The first-order valence-electron chi connectivity index (χ1n) is 9.00. The van der Waals surface area contributed by atoms with Gasteiger partial charge >= 0.3 is 0 Å². The molecular formula is C22H23N3O2S. The van der Waals surface area contributed by atoms with Crippen LogP contribution in [-0.2, 0) is 12.0 Å². The molecule has 1 heterocycles. The van der Waals surface area contributed by atoms with Crippen LogP contribution in [0, 0.1) is 4.77 Å². The van der Waals surface area contributed by atoms with E-state index in [2.05, 4.69) is 37.7 Å². The Morgan fingerprint density at radius 1 is 1.21 bits per heavy atom. The number of aromatic amines is 1. The van der Waals surface area contributed by atoms with Crippen molar-refractivity contribution in [3.8, 4) is 0 Å². The third-order valence-corrected chi connectivity index (χ3v) is 4.89. The van der Waals surface area contributed by atoms with E-state index >= 15 is 0 Å². The molecule has 6 heteroatoms. The molecule has 0 spiro atoms. The Morgan fingerprint density at radius 3 is 2.50 bits per heavy atom. The van der Waals surface area contributed by atoms with Gasteiger partial charge in [0.15, 0.2) is 4.77 Å². The molecule has 0 atom stereocenters. The van der Waals surface area contributed by atoms with Crippen molar-refractivity contribution in [1.82, 2.24) is 9.55 Å². The summed E-state index contributed by atoms with van der Waals surface area (Å²) in [4.78, 5) is 28.2. The average molecular weight is 394 g/mol. The van der Waals surface area contributed by atoms with Gasteiger partial charge in [-0.15, -0.1) is 6.58 Å². The first kappa shape index (κ1) is 19.8. The van der Waals surface area contributed by atoms with Gasteiger partial charge in [-0.3, -0.25) is 14.2 Å². The normalized spacial score (nSPS) is 11.4. The molecule has 0 saturated carbocycles. The van der Waals surface area contributed by atoms with Gasteiger partial charge in [-0.05, 0) is 53.5 Å². The molecule has 0 fully saturated rings. The van der Waals surface area contributed by atoms with Crippen LogP contribution >= 0.6 is 12.2 Å². The van der Waals surface area contributed by atoms with Crippen LogP contribution < -0.4 is 10.9 Å². The Hall–Kier alpha value is -2.99. The highest BCUT2D eigenvalue weighted by Crippen LogP contribution is 2.23. The fourth-order valence-corrected chi connectivity index (χ4v) is 3.21. The van der Waals surface area contributed by atoms with Crippen LogP contribution in [0.3, 0.4) is 0 Å². The average Bonchev–Trinajstić information content (AvgIpc) is 2.64. The Balaban J connectivity index is 1.90. The highest BCUT2D eigenvalue weighted by molar-refractivity contribution is 7.71. The molecule has 2 aromatic carbocycles. The number of carbonyl (C=O) groups excluding carboxylic acids is 1. The first-order chi connectivity index (χ1) is 13.2. The molecular weight excluding hydrogens is 370 g/mol. The lowest BCUT2D eigenvalue weighted by molar-refractivity contribution is 0.102. The van der Waals surface area contributed by atoms with Gasteiger partial charge in [-0.1, -0.05) is 39.0 Å². The van der Waals surface area contributed by atoms with Crippen molar-refractivity contribution >= 4 is 34.7 Å². The zero-order valence-corrected chi connectivity index (χ0v) is 17.0. The van der Waals surface area contributed by atoms with E-state index < -0.39 is 0 Å². The van der Waals surface area contributed by atoms with Gasteiger partial charge in [0.05, 0.1) is 10.9 Å². The van der Waals surface area contributed by atoms with Crippen LogP contribution in [0.1, 0.15) is 36.7 Å². The summed E-state index contributed by atoms with van der Waals surface area (Å²) in [5.41, 5.74) is 2.73. The summed E-state index contributed by atoms with van der Waals surface area (Å²) < 4.78 is 1.73. The van der Waals surface area contributed by atoms with Crippen molar-refractivity contribution in [3.63, 3.8) is 0 Å². The first-order valence-corrected chi connectivity index (χ1v) is 9.41. The molecule has 144 valence electrons. The number of nitrogens with zero attached hydrogens (tertiary/aromatic N) is 1. The standard InChI is InChI=1S/C22H23N3O2S/c1-5-12-25-20(27)17-11-6-14(13-18(17)24-21(25)28)19(26)23-16-9-7-15(8-10-16)22(2,3)4/h5-11,13H,1,12H2,2-4H3,(H,23,26)(H,24,28). The second-order valence-electron chi connectivity index (χ2n) is 7.68. The topological polar surface area (TPSA) is 66.9 Å². The molecule has 1 aromatic heterocycles. The largest absolute Gasteiger partial charge is 0.332 e. The lowest BCUT2D eigenvalue weighted by Gasteiger charge is -2.19. The van der Waals surface area contributed by atoms with E-state index in [0.29, 0.717) is 33.5 Å². The number of rotatable bonds is 4. The molecule has 2 N–H and O–H groups in total. The third kappa shape index (κ3) is 3.97. The number of allylic oxidation sites excluding steroid dienone is 1. The molecule has 0 bridgehead atoms. The molecule has 0 saturated heterocycles. The zero-order valence-electron chi connectivity index (χ0n) is 16.2. The molecule has 1 amide bonds. The number of nitrogens with one attached hydrogen (secondary N) is 2. The number of carbonyl (C=O) groups is 1. The smallest absolute Gasteiger partial charge is 0.262 e. The van der Waals surface area contributed by atoms with Gasteiger partial charge in [0.25, 0.3) is 11.5 Å². The second kappa shape index (κ2) is 7.56. The molecule has 3 aromatic rings. The van der Waals surface area contributed by atoms with E-state index in [4.69, 9.17) is 12.2 Å². The van der Waals surface area contributed by atoms with Gasteiger partial charge in [-0.2, -0.15) is 0 Å². The number of H-pyrrole nitrogens is 1. The fraction of sp³-hybridized carbons (Fsp3) is 0.227. The third-order valence-electron chi connectivity index (χ3n) is 4.56. The molecule has 0 aliphatic carbocycles. The monoisotopic (exact) mass is 393 g/mol. The van der Waals surface area contributed by atoms with Crippen LogP contribution in [0.4, 0.5) is 5.69 Å². The quantitative estimate of drug-likeness (QED) is 0.494. The summed E-state index contributed by atoms with van der Waals surface area (Å²) in [7, 11) is 0. The summed E-state index contributed by atoms with van der Waals surface area (Å²) in [5.74, 6) is -0.250. The van der Waals surface area contributed by atoms with Crippen molar-refractivity contribution in [2.24, 2.45) is 0 Å². The van der Waals surface area contributed by atoms with Gasteiger partial charge in [0, 0.05) is 17.8 Å². The van der Waals surface area contributed by atoms with Crippen LogP contribution in [0.15, 0.2) is 59.9 Å². The predicted octanol–water partition coefficient (Wildman–Crippen LogP) is 4.79. The van der Waals surface area contributed by atoms with Gasteiger partial charge in [0.1, 0.15) is 0 Å². The zero-order chi connectivity index (χ0) is 20.5. The number of amides is 1. The summed E-state index contributed by atoms with van der Waals surface area (Å²) >= 11 is 5.25. The molecule has 0 radical (unpaired) electrons. The number of benzene rings is 2. The second-order valence-corrected chi connectivity index (χ2v) is 8.06. The van der Waals surface area contributed by atoms with Crippen LogP contribution in [0.2, 0.25) is 0 Å². The minimum atomic E-state index is -0.250. The number of hydrogen-bond donors (Lipinski definition) is 2. The number of anilines is 1. The van der Waals surface area contributed by atoms with Crippen molar-refractivity contribution in [3.05, 3.63) is 81.4 Å². The van der Waals surface area contributed by atoms with Gasteiger partial charge in [0.2, 0.25) is 0 Å². The maximum atomic E-state index is 12.6. The Labute approximate surface area is 168 Å². The summed E-state index contributed by atoms with van der Waals surface area (Å²) in [6.07, 6.45) is 1.61. The van der Waals surface area contributed by atoms with Crippen LogP contribution in [0.5, 0.6) is 0 Å². The van der Waals surface area contributed by atoms with Crippen molar-refractivity contribution in [1.29, 1.82) is 0 Å². The van der Waals surface area contributed by atoms with Crippen molar-refractivity contribution in [2.45, 2.75) is 32.7 Å². The van der Waals surface area contributed by atoms with E-state index in [1.807, 2.05) is 24.3 Å². The van der Waals surface area contributed by atoms with E-state index in [9.17, 15) is 9.59 Å². The summed E-state index contributed by atoms with van der Waals surface area (Å²) in [5, 5.41) is 3.36. The maximum Gasteiger partial charge on any atom is 0.262 e. The summed E-state index contributed by atoms with van der Waals surface area (Å²) in [6, 6.07) is 12.7. The van der Waals surface area contributed by atoms with Crippen molar-refractivity contribution < 1.29 is 4.79 Å². The minimum absolute atomic E-state index is 0.0527. The van der Waals surface area contributed by atoms with Crippen LogP contribution in [0.25, 0.3) is 10.9 Å². The lowest BCUT2D eigenvalue weighted by atomic mass is 9.87. The Morgan fingerprint density at radius 2 is 1.89 bits per heavy atom. The fourth-order valence-electron chi connectivity index (χ4n) is 2.95. The van der Waals surface area contributed by atoms with Gasteiger partial charge < -0.3 is 10.3 Å². The molecule has 5 nitrogen and oxygen atoms in total. The Kier molecular flexibility index (Phi) is 5.34. The lowest BCUT2D eigenvalue weighted by Crippen LogP contribution is -2.22. The number of aromatic nitrogens is 2. The van der Waals surface area contributed by atoms with Crippen LogP contribution in [-0.4, -0.2) is 15.5 Å². The van der Waals surface area contributed by atoms with E-state index in [0.717, 1.165) is 0 Å². The predicted molar refractivity (Wildman–Crippen MR) is 117 cm³/mol. The number of fused-ring (bicyclic) bond motifs is 1. The van der Waals surface area contributed by atoms with E-state index in [1.54, 1.807) is 24.3 Å². The SMILES string of the molecule is C=CCn1c(=S)[nH]c2cc(C(=O)Nc3ccc(C(C)(C)C)cc3)ccc2c1=O. The minimum Gasteiger partial charge on any atom is -0.332 e. The maximum absolute atomic E-state index is 12.6. The molecule has 28 heavy (non-hydrogen) atoms. The molecule has 0 unspecified atom stereocenters. The van der Waals surface area contributed by atoms with Gasteiger partial charge in [-0.25, -0.2) is 0 Å². The molecule has 0 aliphatic heterocycles. The molecule has 0 aliphatic rings. The highest BCUT2D eigenvalue weighted by atomic mass is 32.1. The Bertz CT molecular complexity index is 1170. The summed E-state index contributed by atoms with van der Waals surface area (Å²) in [6.45, 7) is 10.4. The number of hydrogen-bond acceptors (Lipinski definition) is 3. The van der Waals surface area contributed by atoms with E-state index in [1.165, 1.54) is 10.1 Å².